The quantitative estimate of drug-likeness (QED) is 0.262. The van der Waals surface area contributed by atoms with E-state index in [0.29, 0.717) is 23.7 Å². The smallest absolute Gasteiger partial charge is 0.378 e. The van der Waals surface area contributed by atoms with Crippen molar-refractivity contribution in [3.63, 3.8) is 0 Å². The Labute approximate surface area is 288 Å². The summed E-state index contributed by atoms with van der Waals surface area (Å²) in [6, 6.07) is 9.22. The van der Waals surface area contributed by atoms with Gasteiger partial charge in [0.05, 0.1) is 41.4 Å². The van der Waals surface area contributed by atoms with E-state index in [1.54, 1.807) is 6.20 Å². The van der Waals surface area contributed by atoms with Gasteiger partial charge < -0.3 is 4.74 Å². The molecule has 268 valence electrons. The zero-order valence-electron chi connectivity index (χ0n) is 29.5. The van der Waals surface area contributed by atoms with Crippen LogP contribution in [0.4, 0.5) is 13.2 Å². The van der Waals surface area contributed by atoms with Crippen molar-refractivity contribution in [2.24, 2.45) is 5.92 Å². The Morgan fingerprint density at radius 3 is 2.45 bits per heavy atom. The molecular formula is C38H54F3N6O2+. The molecule has 0 radical (unpaired) electrons. The van der Waals surface area contributed by atoms with Crippen LogP contribution in [0.1, 0.15) is 100 Å². The lowest BCUT2D eigenvalue weighted by Gasteiger charge is -2.43. The standard InChI is InChI=1S/C38H54F3N6O2/c1-28-12-11-17-44(23-28)24-29-20-33(38(39,40)41)34-26-45(36(48)46(34)25-29)31-14-10-13-30(21-31)32(22-37(49-3)15-16-37)35-43(2)27-42-47(35)18-8-6-4-5-7-9-19-47/h10,13-14,20-21,25-26,28,32,35,42H,4-9,11-12,15-19,22-24,27H2,1-3H3/q+1/t28-,32-,35?/m0/s1. The predicted octanol–water partition coefficient (Wildman–Crippen LogP) is 6.90. The largest absolute Gasteiger partial charge is 0.418 e. The number of methoxy groups -OCH3 is 1. The molecule has 11 heteroatoms. The van der Waals surface area contributed by atoms with E-state index in [9.17, 15) is 18.0 Å². The molecule has 3 aromatic rings. The minimum absolute atomic E-state index is 0.0974. The number of rotatable bonds is 8. The predicted molar refractivity (Wildman–Crippen MR) is 185 cm³/mol. The van der Waals surface area contributed by atoms with Gasteiger partial charge in [-0.3, -0.25) is 13.9 Å². The number of likely N-dealkylation sites (N-methyl/N-ethyl adjacent to an activating group) is 1. The van der Waals surface area contributed by atoms with Crippen molar-refractivity contribution >= 4 is 5.52 Å². The fourth-order valence-electron chi connectivity index (χ4n) is 9.26. The van der Waals surface area contributed by atoms with Gasteiger partial charge in [0.2, 0.25) is 0 Å². The lowest BCUT2D eigenvalue weighted by molar-refractivity contribution is -0.985. The number of benzene rings is 1. The molecule has 0 bridgehead atoms. The molecule has 1 unspecified atom stereocenters. The zero-order valence-corrected chi connectivity index (χ0v) is 29.5. The second kappa shape index (κ2) is 13.8. The van der Waals surface area contributed by atoms with E-state index < -0.39 is 17.4 Å². The fraction of sp³-hybridized carbons (Fsp3) is 0.658. The number of hydrogen-bond donors (Lipinski definition) is 1. The minimum atomic E-state index is -4.59. The lowest BCUT2D eigenvalue weighted by Crippen LogP contribution is -2.62. The average Bonchev–Trinajstić information content (AvgIpc) is 3.64. The Morgan fingerprint density at radius 2 is 1.78 bits per heavy atom. The summed E-state index contributed by atoms with van der Waals surface area (Å²) in [7, 11) is 4.01. The van der Waals surface area contributed by atoms with Crippen LogP contribution < -0.4 is 11.1 Å². The summed E-state index contributed by atoms with van der Waals surface area (Å²) < 4.78 is 53.2. The molecule has 1 aliphatic carbocycles. The van der Waals surface area contributed by atoms with Crippen molar-refractivity contribution in [2.45, 2.75) is 108 Å². The first-order valence-corrected chi connectivity index (χ1v) is 18.5. The highest BCUT2D eigenvalue weighted by atomic mass is 19.4. The summed E-state index contributed by atoms with van der Waals surface area (Å²) in [5, 5.41) is 0. The normalized spacial score (nSPS) is 25.7. The number of nitrogens with one attached hydrogen (secondary N) is 1. The van der Waals surface area contributed by atoms with Crippen LogP contribution in [-0.4, -0.2) is 82.1 Å². The molecule has 3 atom stereocenters. The fourth-order valence-corrected chi connectivity index (χ4v) is 9.26. The highest BCUT2D eigenvalue weighted by Crippen LogP contribution is 2.49. The number of alkyl halides is 3. The first kappa shape index (κ1) is 34.7. The maximum Gasteiger partial charge on any atom is 0.418 e. The van der Waals surface area contributed by atoms with Crippen LogP contribution in [0.5, 0.6) is 0 Å². The number of nitrogens with zero attached hydrogens (tertiary/aromatic N) is 5. The third-order valence-electron chi connectivity index (χ3n) is 12.0. The van der Waals surface area contributed by atoms with Crippen molar-refractivity contribution in [3.05, 3.63) is 69.9 Å². The number of piperidine rings is 1. The van der Waals surface area contributed by atoms with Gasteiger partial charge in [0.1, 0.15) is 6.67 Å². The molecule has 3 aliphatic heterocycles. The summed E-state index contributed by atoms with van der Waals surface area (Å²) in [6.07, 6.45) is 11.0. The van der Waals surface area contributed by atoms with E-state index in [4.69, 9.17) is 4.74 Å². The van der Waals surface area contributed by atoms with E-state index in [0.717, 1.165) is 75.1 Å². The number of fused-ring (bicyclic) bond motifs is 1. The van der Waals surface area contributed by atoms with Gasteiger partial charge >= 0.3 is 11.9 Å². The number of pyridine rings is 1. The lowest BCUT2D eigenvalue weighted by atomic mass is 9.87. The third-order valence-corrected chi connectivity index (χ3v) is 12.0. The SMILES string of the molecule is COC1(C[C@@H](c2cccc(-n3cc4c(C(F)(F)F)cc(CN5CCC[C@H](C)C5)cn4c3=O)c2)C2N(C)CN[N+]23CCCCCCCC3)CC1. The maximum atomic E-state index is 14.5. The third kappa shape index (κ3) is 7.11. The van der Waals surface area contributed by atoms with Crippen LogP contribution in [-0.2, 0) is 17.5 Å². The molecule has 1 N–H and O–H groups in total. The Bertz CT molecular complexity index is 1670. The maximum absolute atomic E-state index is 14.5. The molecule has 2 aromatic heterocycles. The first-order valence-electron chi connectivity index (χ1n) is 18.5. The molecule has 1 saturated carbocycles. The van der Waals surface area contributed by atoms with Gasteiger partial charge in [-0.05, 0) is 107 Å². The van der Waals surface area contributed by atoms with Crippen LogP contribution in [0, 0.1) is 5.92 Å². The van der Waals surface area contributed by atoms with Gasteiger partial charge in [-0.1, -0.05) is 31.9 Å². The van der Waals surface area contributed by atoms with Crippen LogP contribution in [0.15, 0.2) is 47.5 Å². The van der Waals surface area contributed by atoms with Crippen molar-refractivity contribution < 1.29 is 22.5 Å². The van der Waals surface area contributed by atoms with Gasteiger partial charge in [0.25, 0.3) is 0 Å². The number of likely N-dealkylation sites (tertiary alicyclic amines) is 1. The first-order chi connectivity index (χ1) is 23.5. The Morgan fingerprint density at radius 1 is 1.04 bits per heavy atom. The number of aromatic nitrogens is 2. The Balaban J connectivity index is 1.28. The highest BCUT2D eigenvalue weighted by molar-refractivity contribution is 5.58. The molecular weight excluding hydrogens is 629 g/mol. The Kier molecular flexibility index (Phi) is 9.77. The van der Waals surface area contributed by atoms with Crippen molar-refractivity contribution in [1.82, 2.24) is 24.2 Å². The van der Waals surface area contributed by atoms with Crippen LogP contribution in [0.2, 0.25) is 0 Å². The molecule has 5 heterocycles. The van der Waals surface area contributed by atoms with E-state index >= 15 is 0 Å². The topological polar surface area (TPSA) is 54.1 Å². The van der Waals surface area contributed by atoms with Crippen molar-refractivity contribution in [3.8, 4) is 5.69 Å². The van der Waals surface area contributed by atoms with E-state index in [2.05, 4.69) is 35.3 Å². The summed E-state index contributed by atoms with van der Waals surface area (Å²) in [5.41, 5.74) is 4.57. The zero-order chi connectivity index (χ0) is 34.4. The van der Waals surface area contributed by atoms with Gasteiger partial charge in [-0.2, -0.15) is 18.6 Å². The Hall–Kier alpha value is -2.70. The second-order valence-corrected chi connectivity index (χ2v) is 15.7. The molecule has 3 saturated heterocycles. The molecule has 4 fully saturated rings. The second-order valence-electron chi connectivity index (χ2n) is 15.7. The molecule has 0 amide bonds. The number of imidazole rings is 1. The summed E-state index contributed by atoms with van der Waals surface area (Å²) in [4.78, 5) is 18.7. The van der Waals surface area contributed by atoms with Crippen LogP contribution >= 0.6 is 0 Å². The molecule has 8 nitrogen and oxygen atoms in total. The van der Waals surface area contributed by atoms with Crippen LogP contribution in [0.3, 0.4) is 0 Å². The minimum Gasteiger partial charge on any atom is -0.378 e. The molecule has 4 aliphatic rings. The van der Waals surface area contributed by atoms with Crippen molar-refractivity contribution in [1.29, 1.82) is 0 Å². The van der Waals surface area contributed by atoms with Gasteiger partial charge in [-0.25, -0.2) is 14.3 Å². The number of halogens is 3. The van der Waals surface area contributed by atoms with Gasteiger partial charge in [0.15, 0.2) is 6.17 Å². The molecule has 1 aromatic carbocycles. The summed E-state index contributed by atoms with van der Waals surface area (Å²) >= 11 is 0. The van der Waals surface area contributed by atoms with E-state index in [1.165, 1.54) is 59.8 Å². The van der Waals surface area contributed by atoms with E-state index in [-0.39, 0.29) is 23.2 Å². The molecule has 7 rings (SSSR count). The molecule has 1 spiro atoms. The molecule has 49 heavy (non-hydrogen) atoms. The van der Waals surface area contributed by atoms with E-state index in [1.807, 2.05) is 25.3 Å². The van der Waals surface area contributed by atoms with Gasteiger partial charge in [0, 0.05) is 32.6 Å². The number of quaternary nitrogens is 1. The summed E-state index contributed by atoms with van der Waals surface area (Å²) in [5.74, 6) is 0.600. The number of hydrogen-bond acceptors (Lipinski definition) is 5. The number of ether oxygens (including phenoxy) is 1. The van der Waals surface area contributed by atoms with Crippen molar-refractivity contribution in [2.75, 3.05) is 47.0 Å². The highest BCUT2D eigenvalue weighted by Gasteiger charge is 2.54. The van der Waals surface area contributed by atoms with Crippen LogP contribution in [0.25, 0.3) is 11.2 Å². The van der Waals surface area contributed by atoms with Gasteiger partial charge in [-0.15, -0.1) is 0 Å². The average molecular weight is 684 g/mol. The summed E-state index contributed by atoms with van der Waals surface area (Å²) in [6.45, 7) is 7.19. The monoisotopic (exact) mass is 683 g/mol.